The quantitative estimate of drug-likeness (QED) is 0.874. The van der Waals surface area contributed by atoms with E-state index in [2.05, 4.69) is 55.3 Å². The van der Waals surface area contributed by atoms with Crippen molar-refractivity contribution in [3.05, 3.63) is 35.9 Å². The van der Waals surface area contributed by atoms with E-state index in [0.717, 1.165) is 39.1 Å². The van der Waals surface area contributed by atoms with E-state index < -0.39 is 0 Å². The van der Waals surface area contributed by atoms with Crippen LogP contribution in [0.2, 0.25) is 0 Å². The summed E-state index contributed by atoms with van der Waals surface area (Å²) in [5, 5.41) is 14.2. The van der Waals surface area contributed by atoms with Crippen LogP contribution in [0, 0.1) is 5.41 Å². The maximum atomic E-state index is 10.8. The molecular formula is C18H30N2O. The van der Waals surface area contributed by atoms with E-state index in [1.807, 2.05) is 6.07 Å². The van der Waals surface area contributed by atoms with Crippen LogP contribution >= 0.6 is 0 Å². The highest BCUT2D eigenvalue weighted by molar-refractivity contribution is 5.21. The van der Waals surface area contributed by atoms with Crippen molar-refractivity contribution in [2.75, 3.05) is 32.7 Å². The van der Waals surface area contributed by atoms with Crippen LogP contribution in [0.5, 0.6) is 0 Å². The molecule has 2 rings (SSSR count). The van der Waals surface area contributed by atoms with Crippen LogP contribution in [0.1, 0.15) is 38.7 Å². The summed E-state index contributed by atoms with van der Waals surface area (Å²) in [5.41, 5.74) is 1.17. The first-order chi connectivity index (χ1) is 9.98. The van der Waals surface area contributed by atoms with E-state index in [1.165, 1.54) is 5.56 Å². The van der Waals surface area contributed by atoms with Gasteiger partial charge in [0.2, 0.25) is 0 Å². The zero-order valence-corrected chi connectivity index (χ0v) is 13.7. The molecule has 2 N–H and O–H groups in total. The van der Waals surface area contributed by atoms with Crippen LogP contribution in [-0.2, 0) is 0 Å². The van der Waals surface area contributed by atoms with Crippen molar-refractivity contribution in [3.63, 3.8) is 0 Å². The highest BCUT2D eigenvalue weighted by atomic mass is 16.3. The molecule has 1 fully saturated rings. The minimum absolute atomic E-state index is 0.0933. The summed E-state index contributed by atoms with van der Waals surface area (Å²) in [5.74, 6) is 0.209. The highest BCUT2D eigenvalue weighted by Crippen LogP contribution is 2.34. The van der Waals surface area contributed by atoms with Crippen molar-refractivity contribution in [2.24, 2.45) is 5.41 Å². The summed E-state index contributed by atoms with van der Waals surface area (Å²) in [4.78, 5) is 2.50. The number of rotatable bonds is 5. The molecule has 0 saturated carbocycles. The van der Waals surface area contributed by atoms with E-state index in [9.17, 15) is 5.11 Å². The Labute approximate surface area is 129 Å². The van der Waals surface area contributed by atoms with Gasteiger partial charge in [-0.3, -0.25) is 0 Å². The van der Waals surface area contributed by atoms with Gasteiger partial charge in [-0.15, -0.1) is 0 Å². The van der Waals surface area contributed by atoms with Crippen LogP contribution in [0.25, 0.3) is 0 Å². The lowest BCUT2D eigenvalue weighted by atomic mass is 9.77. The Balaban J connectivity index is 2.05. The second kappa shape index (κ2) is 7.39. The van der Waals surface area contributed by atoms with Gasteiger partial charge in [0.25, 0.3) is 0 Å². The minimum Gasteiger partial charge on any atom is -0.392 e. The maximum Gasteiger partial charge on any atom is 0.0657 e. The molecule has 2 atom stereocenters. The standard InChI is InChI=1S/C18H30N2O/c1-18(2,3)17(21)16(15-7-5-4-6-8-15)9-12-20-13-10-19-11-14-20/h4-8,16-17,19,21H,9-14H2,1-3H3. The minimum atomic E-state index is -0.317. The number of hydrogen-bond donors (Lipinski definition) is 2. The molecule has 118 valence electrons. The van der Waals surface area contributed by atoms with Gasteiger partial charge in [-0.2, -0.15) is 0 Å². The molecule has 1 aliphatic heterocycles. The van der Waals surface area contributed by atoms with Crippen LogP contribution in [0.15, 0.2) is 30.3 Å². The molecule has 0 spiro atoms. The fraction of sp³-hybridized carbons (Fsp3) is 0.667. The summed E-state index contributed by atoms with van der Waals surface area (Å²) in [6.07, 6.45) is 0.699. The van der Waals surface area contributed by atoms with Gasteiger partial charge >= 0.3 is 0 Å². The third kappa shape index (κ3) is 4.80. The largest absolute Gasteiger partial charge is 0.392 e. The van der Waals surface area contributed by atoms with Gasteiger partial charge in [0.15, 0.2) is 0 Å². The number of piperazine rings is 1. The fourth-order valence-electron chi connectivity index (χ4n) is 3.07. The second-order valence-electron chi connectivity index (χ2n) is 7.21. The molecule has 1 saturated heterocycles. The molecule has 1 aromatic carbocycles. The lowest BCUT2D eigenvalue weighted by molar-refractivity contribution is 0.0324. The van der Waals surface area contributed by atoms with Crippen molar-refractivity contribution >= 4 is 0 Å². The fourth-order valence-corrected chi connectivity index (χ4v) is 3.07. The van der Waals surface area contributed by atoms with E-state index >= 15 is 0 Å². The van der Waals surface area contributed by atoms with Crippen LogP contribution in [-0.4, -0.2) is 48.8 Å². The molecule has 3 heteroatoms. The molecule has 0 aliphatic carbocycles. The average molecular weight is 290 g/mol. The van der Waals surface area contributed by atoms with Crippen LogP contribution in [0.3, 0.4) is 0 Å². The SMILES string of the molecule is CC(C)(C)C(O)C(CCN1CCNCC1)c1ccccc1. The predicted octanol–water partition coefficient (Wildman–Crippen LogP) is 2.47. The molecule has 0 radical (unpaired) electrons. The normalized spacial score (nSPS) is 20.2. The zero-order valence-electron chi connectivity index (χ0n) is 13.7. The number of aliphatic hydroxyl groups is 1. The zero-order chi connectivity index (χ0) is 15.3. The molecule has 1 aliphatic rings. The topological polar surface area (TPSA) is 35.5 Å². The Morgan fingerprint density at radius 3 is 2.33 bits per heavy atom. The lowest BCUT2D eigenvalue weighted by Crippen LogP contribution is -2.44. The predicted molar refractivity (Wildman–Crippen MR) is 88.6 cm³/mol. The van der Waals surface area contributed by atoms with Gasteiger partial charge < -0.3 is 15.3 Å². The van der Waals surface area contributed by atoms with Gasteiger partial charge in [-0.25, -0.2) is 0 Å². The molecule has 21 heavy (non-hydrogen) atoms. The van der Waals surface area contributed by atoms with Gasteiger partial charge in [0.1, 0.15) is 0 Å². The van der Waals surface area contributed by atoms with Crippen LogP contribution < -0.4 is 5.32 Å². The van der Waals surface area contributed by atoms with E-state index in [0.29, 0.717) is 0 Å². The van der Waals surface area contributed by atoms with E-state index in [4.69, 9.17) is 0 Å². The molecule has 1 aromatic rings. The number of nitrogens with zero attached hydrogens (tertiary/aromatic N) is 1. The molecule has 1 heterocycles. The monoisotopic (exact) mass is 290 g/mol. The maximum absolute atomic E-state index is 10.8. The molecular weight excluding hydrogens is 260 g/mol. The smallest absolute Gasteiger partial charge is 0.0657 e. The Morgan fingerprint density at radius 2 is 1.76 bits per heavy atom. The van der Waals surface area contributed by atoms with Crippen molar-refractivity contribution in [1.29, 1.82) is 0 Å². The van der Waals surface area contributed by atoms with Crippen molar-refractivity contribution < 1.29 is 5.11 Å². The summed E-state index contributed by atoms with van der Waals surface area (Å²) in [7, 11) is 0. The van der Waals surface area contributed by atoms with Gasteiger partial charge in [-0.05, 0) is 23.9 Å². The van der Waals surface area contributed by atoms with Gasteiger partial charge in [-0.1, -0.05) is 51.1 Å². The first-order valence-electron chi connectivity index (χ1n) is 8.14. The van der Waals surface area contributed by atoms with Gasteiger partial charge in [0.05, 0.1) is 6.10 Å². The van der Waals surface area contributed by atoms with Gasteiger partial charge in [0, 0.05) is 32.1 Å². The summed E-state index contributed by atoms with van der Waals surface area (Å²) in [6, 6.07) is 10.5. The molecule has 0 aromatic heterocycles. The Morgan fingerprint density at radius 1 is 1.14 bits per heavy atom. The number of aliphatic hydroxyl groups excluding tert-OH is 1. The number of hydrogen-bond acceptors (Lipinski definition) is 3. The number of benzene rings is 1. The Bertz CT molecular complexity index is 407. The van der Waals surface area contributed by atoms with E-state index in [-0.39, 0.29) is 17.4 Å². The second-order valence-corrected chi connectivity index (χ2v) is 7.21. The molecule has 0 bridgehead atoms. The summed E-state index contributed by atoms with van der Waals surface area (Å²) >= 11 is 0. The van der Waals surface area contributed by atoms with E-state index in [1.54, 1.807) is 0 Å². The molecule has 3 nitrogen and oxygen atoms in total. The summed E-state index contributed by atoms with van der Waals surface area (Å²) in [6.45, 7) is 11.8. The first kappa shape index (κ1) is 16.5. The van der Waals surface area contributed by atoms with Crippen molar-refractivity contribution in [1.82, 2.24) is 10.2 Å². The molecule has 0 amide bonds. The van der Waals surface area contributed by atoms with Crippen molar-refractivity contribution in [2.45, 2.75) is 39.2 Å². The average Bonchev–Trinajstić information content (AvgIpc) is 2.48. The summed E-state index contributed by atoms with van der Waals surface area (Å²) < 4.78 is 0. The number of nitrogens with one attached hydrogen (secondary N) is 1. The first-order valence-corrected chi connectivity index (χ1v) is 8.14. The highest BCUT2D eigenvalue weighted by Gasteiger charge is 2.31. The Kier molecular flexibility index (Phi) is 5.80. The van der Waals surface area contributed by atoms with Crippen LogP contribution in [0.4, 0.5) is 0 Å². The van der Waals surface area contributed by atoms with Crippen molar-refractivity contribution in [3.8, 4) is 0 Å². The third-order valence-electron chi connectivity index (χ3n) is 4.46. The Hall–Kier alpha value is -0.900. The third-order valence-corrected chi connectivity index (χ3v) is 4.46. The molecule has 2 unspecified atom stereocenters. The lowest BCUT2D eigenvalue weighted by Gasteiger charge is -2.35.